The van der Waals surface area contributed by atoms with E-state index in [4.69, 9.17) is 5.73 Å². The highest BCUT2D eigenvalue weighted by atomic mass is 19.1. The van der Waals surface area contributed by atoms with Crippen LogP contribution in [0.5, 0.6) is 0 Å². The van der Waals surface area contributed by atoms with E-state index in [0.717, 1.165) is 17.7 Å². The Kier molecular flexibility index (Phi) is 3.46. The van der Waals surface area contributed by atoms with Gasteiger partial charge in [0.15, 0.2) is 5.82 Å². The predicted octanol–water partition coefficient (Wildman–Crippen LogP) is 3.11. The van der Waals surface area contributed by atoms with Crippen LogP contribution < -0.4 is 11.1 Å². The quantitative estimate of drug-likeness (QED) is 0.817. The number of rotatable bonds is 2. The molecule has 0 fully saturated rings. The molecule has 0 spiro atoms. The fourth-order valence-corrected chi connectivity index (χ4v) is 1.61. The summed E-state index contributed by atoms with van der Waals surface area (Å²) in [5, 5.41) is 2.48. The monoisotopic (exact) mass is 262 g/mol. The van der Waals surface area contributed by atoms with Gasteiger partial charge in [-0.3, -0.25) is 4.79 Å². The van der Waals surface area contributed by atoms with E-state index in [2.05, 4.69) is 5.32 Å². The molecule has 3 nitrogen and oxygen atoms in total. The topological polar surface area (TPSA) is 55.1 Å². The predicted molar refractivity (Wildman–Crippen MR) is 69.9 cm³/mol. The van der Waals surface area contributed by atoms with Gasteiger partial charge >= 0.3 is 0 Å². The summed E-state index contributed by atoms with van der Waals surface area (Å²) >= 11 is 0. The number of nitrogen functional groups attached to an aromatic ring is 1. The Hall–Kier alpha value is -2.43. The molecule has 0 aliphatic heterocycles. The van der Waals surface area contributed by atoms with Crippen molar-refractivity contribution in [1.82, 2.24) is 0 Å². The zero-order valence-corrected chi connectivity index (χ0v) is 10.2. The Bertz CT molecular complexity index is 624. The highest BCUT2D eigenvalue weighted by Gasteiger charge is 2.16. The first kappa shape index (κ1) is 13.0. The highest BCUT2D eigenvalue weighted by molar-refractivity contribution is 6.05. The summed E-state index contributed by atoms with van der Waals surface area (Å²) in [7, 11) is 0. The summed E-state index contributed by atoms with van der Waals surface area (Å²) in [6.45, 7) is 1.90. The molecule has 0 saturated carbocycles. The number of carbonyl (C=O) groups excluding carboxylic acids is 1. The largest absolute Gasteiger partial charge is 0.396 e. The molecule has 0 heterocycles. The van der Waals surface area contributed by atoms with Crippen molar-refractivity contribution < 1.29 is 13.6 Å². The summed E-state index contributed by atoms with van der Waals surface area (Å²) in [5.41, 5.74) is 5.99. The maximum Gasteiger partial charge on any atom is 0.258 e. The highest BCUT2D eigenvalue weighted by Crippen LogP contribution is 2.19. The number of halogens is 2. The van der Waals surface area contributed by atoms with Crippen molar-refractivity contribution in [3.63, 3.8) is 0 Å². The molecule has 0 atom stereocenters. The lowest BCUT2D eigenvalue weighted by Gasteiger charge is -2.08. The fourth-order valence-electron chi connectivity index (χ4n) is 1.61. The van der Waals surface area contributed by atoms with Crippen LogP contribution in [-0.2, 0) is 0 Å². The second-order valence-electron chi connectivity index (χ2n) is 4.18. The van der Waals surface area contributed by atoms with E-state index < -0.39 is 28.8 Å². The smallest absolute Gasteiger partial charge is 0.258 e. The normalized spacial score (nSPS) is 10.3. The van der Waals surface area contributed by atoms with Gasteiger partial charge in [-0.25, -0.2) is 8.78 Å². The molecule has 1 amide bonds. The van der Waals surface area contributed by atoms with Crippen LogP contribution in [0.1, 0.15) is 15.9 Å². The van der Waals surface area contributed by atoms with Gasteiger partial charge in [0.05, 0.1) is 11.3 Å². The van der Waals surface area contributed by atoms with Crippen molar-refractivity contribution in [2.45, 2.75) is 6.92 Å². The minimum Gasteiger partial charge on any atom is -0.396 e. The van der Waals surface area contributed by atoms with Crippen molar-refractivity contribution in [2.24, 2.45) is 0 Å². The van der Waals surface area contributed by atoms with Crippen molar-refractivity contribution in [3.8, 4) is 0 Å². The number of carbonyl (C=O) groups is 1. The van der Waals surface area contributed by atoms with Gasteiger partial charge in [-0.05, 0) is 31.2 Å². The van der Waals surface area contributed by atoms with Gasteiger partial charge < -0.3 is 11.1 Å². The maximum absolute atomic E-state index is 13.6. The average molecular weight is 262 g/mol. The average Bonchev–Trinajstić information content (AvgIpc) is 2.36. The van der Waals surface area contributed by atoms with Crippen molar-refractivity contribution in [1.29, 1.82) is 0 Å². The van der Waals surface area contributed by atoms with Crippen molar-refractivity contribution >= 4 is 17.3 Å². The Labute approximate surface area is 109 Å². The van der Waals surface area contributed by atoms with E-state index in [0.29, 0.717) is 5.69 Å². The van der Waals surface area contributed by atoms with E-state index in [1.165, 1.54) is 0 Å². The van der Waals surface area contributed by atoms with E-state index in [1.807, 2.05) is 6.92 Å². The van der Waals surface area contributed by atoms with E-state index in [-0.39, 0.29) is 0 Å². The summed E-state index contributed by atoms with van der Waals surface area (Å²) in [4.78, 5) is 11.9. The third kappa shape index (κ3) is 2.88. The number of hydrogen-bond acceptors (Lipinski definition) is 2. The van der Waals surface area contributed by atoms with Gasteiger partial charge in [-0.2, -0.15) is 0 Å². The Morgan fingerprint density at radius 1 is 1.16 bits per heavy atom. The molecular formula is C14H12F2N2O. The molecule has 0 radical (unpaired) electrons. The SMILES string of the molecule is Cc1ccc(NC(=O)c2cc(F)cc(N)c2F)cc1. The molecule has 0 bridgehead atoms. The lowest BCUT2D eigenvalue weighted by molar-refractivity contribution is 0.102. The standard InChI is InChI=1S/C14H12F2N2O/c1-8-2-4-10(5-3-8)18-14(19)11-6-9(15)7-12(17)13(11)16/h2-7H,17H2,1H3,(H,18,19). The van der Waals surface area contributed by atoms with Crippen LogP contribution in [0, 0.1) is 18.6 Å². The Morgan fingerprint density at radius 2 is 1.79 bits per heavy atom. The van der Waals surface area contributed by atoms with Gasteiger partial charge in [0.1, 0.15) is 5.82 Å². The summed E-state index contributed by atoms with van der Waals surface area (Å²) in [5.74, 6) is -2.42. The molecule has 19 heavy (non-hydrogen) atoms. The van der Waals surface area contributed by atoms with Crippen LogP contribution >= 0.6 is 0 Å². The van der Waals surface area contributed by atoms with E-state index in [9.17, 15) is 13.6 Å². The Balaban J connectivity index is 2.27. The van der Waals surface area contributed by atoms with Crippen LogP contribution in [0.2, 0.25) is 0 Å². The molecule has 0 unspecified atom stereocenters. The minimum absolute atomic E-state index is 0.394. The van der Waals surface area contributed by atoms with Gasteiger partial charge in [0.25, 0.3) is 5.91 Å². The van der Waals surface area contributed by atoms with Gasteiger partial charge in [0, 0.05) is 5.69 Å². The summed E-state index contributed by atoms with van der Waals surface area (Å²) in [6, 6.07) is 8.59. The van der Waals surface area contributed by atoms with Gasteiger partial charge in [-0.1, -0.05) is 17.7 Å². The van der Waals surface area contributed by atoms with Crippen LogP contribution in [-0.4, -0.2) is 5.91 Å². The summed E-state index contributed by atoms with van der Waals surface area (Å²) < 4.78 is 26.8. The molecule has 3 N–H and O–H groups in total. The second kappa shape index (κ2) is 5.06. The first-order chi connectivity index (χ1) is 8.97. The van der Waals surface area contributed by atoms with Crippen molar-refractivity contribution in [2.75, 3.05) is 11.1 Å². The molecule has 2 aromatic carbocycles. The number of nitrogens with two attached hydrogens (primary N) is 1. The first-order valence-electron chi connectivity index (χ1n) is 5.60. The second-order valence-corrected chi connectivity index (χ2v) is 4.18. The summed E-state index contributed by atoms with van der Waals surface area (Å²) in [6.07, 6.45) is 0. The molecule has 0 saturated heterocycles. The number of amides is 1. The lowest BCUT2D eigenvalue weighted by atomic mass is 10.1. The number of benzene rings is 2. The molecular weight excluding hydrogens is 250 g/mol. The zero-order chi connectivity index (χ0) is 14.0. The van der Waals surface area contributed by atoms with Crippen LogP contribution in [0.25, 0.3) is 0 Å². The molecule has 0 aromatic heterocycles. The number of nitrogens with one attached hydrogen (secondary N) is 1. The lowest BCUT2D eigenvalue weighted by Crippen LogP contribution is -2.15. The van der Waals surface area contributed by atoms with E-state index in [1.54, 1.807) is 24.3 Å². The van der Waals surface area contributed by atoms with Gasteiger partial charge in [0.2, 0.25) is 0 Å². The fraction of sp³-hybridized carbons (Fsp3) is 0.0714. The molecule has 98 valence electrons. The minimum atomic E-state index is -0.925. The number of hydrogen-bond donors (Lipinski definition) is 2. The Morgan fingerprint density at radius 3 is 2.42 bits per heavy atom. The first-order valence-corrected chi connectivity index (χ1v) is 5.60. The maximum atomic E-state index is 13.6. The molecule has 2 rings (SSSR count). The van der Waals surface area contributed by atoms with Gasteiger partial charge in [-0.15, -0.1) is 0 Å². The van der Waals surface area contributed by atoms with Crippen LogP contribution in [0.3, 0.4) is 0 Å². The third-order valence-electron chi connectivity index (χ3n) is 2.62. The molecule has 5 heteroatoms. The van der Waals surface area contributed by atoms with Crippen LogP contribution in [0.4, 0.5) is 20.2 Å². The molecule has 2 aromatic rings. The third-order valence-corrected chi connectivity index (χ3v) is 2.62. The van der Waals surface area contributed by atoms with Crippen LogP contribution in [0.15, 0.2) is 36.4 Å². The molecule has 0 aliphatic carbocycles. The number of anilines is 2. The van der Waals surface area contributed by atoms with Crippen molar-refractivity contribution in [3.05, 3.63) is 59.2 Å². The van der Waals surface area contributed by atoms with E-state index >= 15 is 0 Å². The number of aryl methyl sites for hydroxylation is 1. The molecule has 0 aliphatic rings. The zero-order valence-electron chi connectivity index (χ0n) is 10.2.